The molecule has 1 aliphatic heterocycles. The van der Waals surface area contributed by atoms with Gasteiger partial charge in [-0.25, -0.2) is 0 Å². The second kappa shape index (κ2) is 7.23. The first-order chi connectivity index (χ1) is 12.7. The van der Waals surface area contributed by atoms with Crippen molar-refractivity contribution in [2.75, 3.05) is 20.2 Å². The number of quaternary nitrogens is 1. The molecule has 1 fully saturated rings. The second-order valence-corrected chi connectivity index (χ2v) is 7.26. The van der Waals surface area contributed by atoms with Crippen molar-refractivity contribution >= 4 is 23.3 Å². The van der Waals surface area contributed by atoms with Crippen LogP contribution >= 0.6 is 12.2 Å². The number of rotatable bonds is 4. The molecule has 3 aromatic rings. The van der Waals surface area contributed by atoms with Gasteiger partial charge in [0.2, 0.25) is 0 Å². The summed E-state index contributed by atoms with van der Waals surface area (Å²) in [4.78, 5) is 1.37. The van der Waals surface area contributed by atoms with Crippen LogP contribution in [-0.2, 0) is 6.67 Å². The summed E-state index contributed by atoms with van der Waals surface area (Å²) < 4.78 is 10.4. The van der Waals surface area contributed by atoms with Crippen molar-refractivity contribution < 1.29 is 14.7 Å². The highest BCUT2D eigenvalue weighted by atomic mass is 32.1. The van der Waals surface area contributed by atoms with Gasteiger partial charge in [0.1, 0.15) is 18.4 Å². The molecule has 2 N–H and O–H groups in total. The van der Waals surface area contributed by atoms with Gasteiger partial charge in [-0.3, -0.25) is 9.13 Å². The number of hydrogen-bond donors (Lipinski definition) is 2. The van der Waals surface area contributed by atoms with Gasteiger partial charge < -0.3 is 14.7 Å². The molecule has 1 aromatic heterocycles. The van der Waals surface area contributed by atoms with Gasteiger partial charge in [-0.2, -0.15) is 0 Å². The Labute approximate surface area is 158 Å². The molecular formula is C20H24N3O2S+. The summed E-state index contributed by atoms with van der Waals surface area (Å²) in [5, 5.41) is 10.00. The highest BCUT2D eigenvalue weighted by Crippen LogP contribution is 2.23. The summed E-state index contributed by atoms with van der Waals surface area (Å²) >= 11 is 5.85. The number of ether oxygens (including phenoxy) is 1. The third kappa shape index (κ3) is 3.16. The molecule has 0 amide bonds. The van der Waals surface area contributed by atoms with Crippen molar-refractivity contribution in [1.82, 2.24) is 9.13 Å². The van der Waals surface area contributed by atoms with Crippen LogP contribution in [0.15, 0.2) is 48.5 Å². The molecule has 26 heavy (non-hydrogen) atoms. The number of hydrogen-bond acceptors (Lipinski definition) is 3. The largest absolute Gasteiger partial charge is 0.497 e. The molecule has 1 unspecified atom stereocenters. The lowest BCUT2D eigenvalue weighted by atomic mass is 10.1. The molecular weight excluding hydrogens is 346 g/mol. The maximum absolute atomic E-state index is 10.00. The first kappa shape index (κ1) is 17.3. The van der Waals surface area contributed by atoms with Gasteiger partial charge in [0, 0.05) is 5.69 Å². The number of nitrogens with zero attached hydrogens (tertiary/aromatic N) is 2. The number of likely N-dealkylation sites (tertiary alicyclic amines) is 1. The van der Waals surface area contributed by atoms with Gasteiger partial charge in [-0.05, 0) is 61.5 Å². The fraction of sp³-hybridized carbons (Fsp3) is 0.350. The average Bonchev–Trinajstić information content (AvgIpc) is 2.94. The number of aliphatic hydroxyl groups is 1. The number of piperidine rings is 1. The Kier molecular flexibility index (Phi) is 4.80. The monoisotopic (exact) mass is 370 g/mol. The number of imidazole rings is 1. The highest BCUT2D eigenvalue weighted by molar-refractivity contribution is 7.71. The van der Waals surface area contributed by atoms with E-state index in [2.05, 4.69) is 21.3 Å². The Morgan fingerprint density at radius 3 is 2.58 bits per heavy atom. The van der Waals surface area contributed by atoms with Crippen molar-refractivity contribution in [2.24, 2.45) is 0 Å². The topological polar surface area (TPSA) is 43.8 Å². The molecule has 6 heteroatoms. The normalized spacial score (nSPS) is 20.4. The summed E-state index contributed by atoms with van der Waals surface area (Å²) in [5.41, 5.74) is 3.25. The fourth-order valence-corrected chi connectivity index (χ4v) is 4.20. The zero-order valence-corrected chi connectivity index (χ0v) is 15.7. The molecule has 0 radical (unpaired) electrons. The first-order valence-electron chi connectivity index (χ1n) is 9.03. The van der Waals surface area contributed by atoms with Crippen molar-refractivity contribution in [3.63, 3.8) is 0 Å². The van der Waals surface area contributed by atoms with Gasteiger partial charge in [0.15, 0.2) is 11.4 Å². The van der Waals surface area contributed by atoms with Crippen molar-refractivity contribution in [3.8, 4) is 11.4 Å². The summed E-state index contributed by atoms with van der Waals surface area (Å²) in [7, 11) is 1.67. The minimum Gasteiger partial charge on any atom is -0.497 e. The van der Waals surface area contributed by atoms with Crippen LogP contribution in [0.4, 0.5) is 0 Å². The minimum absolute atomic E-state index is 0.206. The number of aliphatic hydroxyl groups excluding tert-OH is 1. The zero-order chi connectivity index (χ0) is 18.1. The van der Waals surface area contributed by atoms with Crippen LogP contribution in [0.1, 0.15) is 12.8 Å². The van der Waals surface area contributed by atoms with Crippen LogP contribution in [0, 0.1) is 4.77 Å². The Morgan fingerprint density at radius 2 is 1.88 bits per heavy atom. The quantitative estimate of drug-likeness (QED) is 0.692. The lowest BCUT2D eigenvalue weighted by molar-refractivity contribution is -0.930. The number of fused-ring (bicyclic) bond motifs is 1. The lowest BCUT2D eigenvalue weighted by Crippen LogP contribution is -3.13. The van der Waals surface area contributed by atoms with E-state index in [0.29, 0.717) is 0 Å². The van der Waals surface area contributed by atoms with Crippen molar-refractivity contribution in [1.29, 1.82) is 0 Å². The second-order valence-electron chi connectivity index (χ2n) is 6.89. The van der Waals surface area contributed by atoms with Crippen molar-refractivity contribution in [3.05, 3.63) is 53.3 Å². The number of nitrogens with one attached hydrogen (secondary N) is 1. The van der Waals surface area contributed by atoms with Crippen molar-refractivity contribution in [2.45, 2.75) is 25.6 Å². The van der Waals surface area contributed by atoms with Crippen LogP contribution in [0.2, 0.25) is 0 Å². The van der Waals surface area contributed by atoms with E-state index in [1.807, 2.05) is 36.4 Å². The third-order valence-corrected chi connectivity index (χ3v) is 5.54. The highest BCUT2D eigenvalue weighted by Gasteiger charge is 2.23. The Hall–Kier alpha value is -2.15. The van der Waals surface area contributed by atoms with E-state index in [0.717, 1.165) is 59.8 Å². The number of para-hydroxylation sites is 2. The molecule has 2 aromatic carbocycles. The molecule has 0 bridgehead atoms. The molecule has 1 aliphatic rings. The maximum Gasteiger partial charge on any atom is 0.189 e. The molecule has 0 spiro atoms. The first-order valence-corrected chi connectivity index (χ1v) is 9.44. The molecule has 4 rings (SSSR count). The van der Waals surface area contributed by atoms with Crippen LogP contribution < -0.4 is 9.64 Å². The number of methoxy groups -OCH3 is 1. The molecule has 0 aliphatic carbocycles. The zero-order valence-electron chi connectivity index (χ0n) is 14.9. The van der Waals surface area contributed by atoms with E-state index in [1.54, 1.807) is 7.11 Å². The Morgan fingerprint density at radius 1 is 1.15 bits per heavy atom. The smallest absolute Gasteiger partial charge is 0.189 e. The van der Waals surface area contributed by atoms with E-state index in [-0.39, 0.29) is 6.10 Å². The Balaban J connectivity index is 1.79. The van der Waals surface area contributed by atoms with Gasteiger partial charge in [0.05, 0.1) is 24.7 Å². The van der Waals surface area contributed by atoms with Crippen LogP contribution in [0.5, 0.6) is 5.75 Å². The van der Waals surface area contributed by atoms with Gasteiger partial charge >= 0.3 is 0 Å². The Bertz CT molecular complexity index is 961. The van der Waals surface area contributed by atoms with Crippen LogP contribution in [0.25, 0.3) is 16.7 Å². The van der Waals surface area contributed by atoms with Gasteiger partial charge in [-0.15, -0.1) is 0 Å². The number of aromatic nitrogens is 2. The maximum atomic E-state index is 10.00. The summed E-state index contributed by atoms with van der Waals surface area (Å²) in [6.07, 6.45) is 1.76. The summed E-state index contributed by atoms with van der Waals surface area (Å²) in [5.74, 6) is 0.829. The van der Waals surface area contributed by atoms with E-state index in [1.165, 1.54) is 4.90 Å². The lowest BCUT2D eigenvalue weighted by Gasteiger charge is -2.27. The molecule has 2 heterocycles. The predicted molar refractivity (Wildman–Crippen MR) is 105 cm³/mol. The fourth-order valence-electron chi connectivity index (χ4n) is 3.83. The van der Waals surface area contributed by atoms with Gasteiger partial charge in [0.25, 0.3) is 0 Å². The molecule has 136 valence electrons. The van der Waals surface area contributed by atoms with Crippen LogP contribution in [-0.4, -0.2) is 40.5 Å². The average molecular weight is 370 g/mol. The van der Waals surface area contributed by atoms with E-state index in [9.17, 15) is 5.11 Å². The SMILES string of the molecule is COc1ccc(-n2c(=S)n(C[NH+]3CCC[C@@H](O)C3)c3ccccc32)cc1. The molecule has 0 saturated carbocycles. The molecule has 5 nitrogen and oxygen atoms in total. The summed E-state index contributed by atoms with van der Waals surface area (Å²) in [6.45, 7) is 2.63. The van der Waals surface area contributed by atoms with E-state index in [4.69, 9.17) is 17.0 Å². The predicted octanol–water partition coefficient (Wildman–Crippen LogP) is 2.17. The van der Waals surface area contributed by atoms with E-state index < -0.39 is 0 Å². The standard InChI is InChI=1S/C20H23N3O2S/c1-25-17-10-8-15(9-11-17)23-19-7-3-2-6-18(19)22(20(23)26)14-21-12-4-5-16(24)13-21/h2-3,6-11,16,24H,4-5,12-14H2,1H3/p+1/t16-/m1/s1. The van der Waals surface area contributed by atoms with Crippen LogP contribution in [0.3, 0.4) is 0 Å². The molecule has 1 saturated heterocycles. The van der Waals surface area contributed by atoms with Gasteiger partial charge in [-0.1, -0.05) is 12.1 Å². The molecule has 2 atom stereocenters. The third-order valence-electron chi connectivity index (χ3n) is 5.14. The minimum atomic E-state index is -0.206. The summed E-state index contributed by atoms with van der Waals surface area (Å²) in [6, 6.07) is 16.3. The van der Waals surface area contributed by atoms with E-state index >= 15 is 0 Å². The number of benzene rings is 2.